The van der Waals surface area contributed by atoms with Crippen LogP contribution in [0, 0.1) is 0 Å². The van der Waals surface area contributed by atoms with E-state index >= 15 is 0 Å². The lowest BCUT2D eigenvalue weighted by atomic mass is 10.1. The van der Waals surface area contributed by atoms with Crippen LogP contribution in [0.25, 0.3) is 10.6 Å². The third-order valence-electron chi connectivity index (χ3n) is 4.68. The summed E-state index contributed by atoms with van der Waals surface area (Å²) in [5.41, 5.74) is 1.78. The molecule has 1 aromatic carbocycles. The first kappa shape index (κ1) is 18.2. The Bertz CT molecular complexity index is 882. The molecule has 0 saturated carbocycles. The summed E-state index contributed by atoms with van der Waals surface area (Å²) in [6, 6.07) is 11.5. The predicted molar refractivity (Wildman–Crippen MR) is 110 cm³/mol. The number of thiazole rings is 1. The molecule has 1 amide bonds. The first-order valence-corrected chi connectivity index (χ1v) is 10.6. The van der Waals surface area contributed by atoms with Crippen molar-refractivity contribution < 1.29 is 9.53 Å². The van der Waals surface area contributed by atoms with Crippen LogP contribution < -0.4 is 4.74 Å². The highest BCUT2D eigenvalue weighted by atomic mass is 32.1. The molecular formula is C20H21N3O2S2. The number of rotatable bonds is 5. The van der Waals surface area contributed by atoms with Crippen molar-refractivity contribution in [1.29, 1.82) is 0 Å². The Balaban J connectivity index is 1.31. The van der Waals surface area contributed by atoms with E-state index < -0.39 is 0 Å². The first-order valence-electron chi connectivity index (χ1n) is 8.87. The molecule has 3 heterocycles. The summed E-state index contributed by atoms with van der Waals surface area (Å²) in [6.45, 7) is 4.08. The smallest absolute Gasteiger partial charge is 0.253 e. The van der Waals surface area contributed by atoms with Crippen LogP contribution in [0.4, 0.5) is 0 Å². The lowest BCUT2D eigenvalue weighted by molar-refractivity contribution is 0.0628. The van der Waals surface area contributed by atoms with Gasteiger partial charge in [0.2, 0.25) is 0 Å². The van der Waals surface area contributed by atoms with Crippen LogP contribution in [-0.4, -0.2) is 54.0 Å². The molecule has 2 aromatic heterocycles. The van der Waals surface area contributed by atoms with Crippen LogP contribution >= 0.6 is 22.7 Å². The van der Waals surface area contributed by atoms with Gasteiger partial charge in [-0.2, -0.15) is 0 Å². The fraction of sp³-hybridized carbons (Fsp3) is 0.300. The minimum Gasteiger partial charge on any atom is -0.497 e. The molecule has 0 bridgehead atoms. The van der Waals surface area contributed by atoms with Crippen LogP contribution in [0.2, 0.25) is 0 Å². The fourth-order valence-corrected chi connectivity index (χ4v) is 4.73. The molecule has 3 aromatic rings. The fourth-order valence-electron chi connectivity index (χ4n) is 3.14. The topological polar surface area (TPSA) is 45.7 Å². The largest absolute Gasteiger partial charge is 0.497 e. The van der Waals surface area contributed by atoms with E-state index in [9.17, 15) is 4.79 Å². The third-order valence-corrected chi connectivity index (χ3v) is 6.41. The number of ether oxygens (including phenoxy) is 1. The molecule has 0 unspecified atom stereocenters. The number of methoxy groups -OCH3 is 1. The van der Waals surface area contributed by atoms with E-state index in [1.54, 1.807) is 29.8 Å². The zero-order chi connectivity index (χ0) is 18.6. The molecule has 0 aliphatic carbocycles. The molecule has 0 spiro atoms. The number of benzene rings is 1. The Morgan fingerprint density at radius 1 is 1.11 bits per heavy atom. The van der Waals surface area contributed by atoms with Gasteiger partial charge >= 0.3 is 0 Å². The minimum atomic E-state index is 0.0894. The molecule has 4 rings (SSSR count). The second-order valence-corrected chi connectivity index (χ2v) is 8.29. The molecule has 5 nitrogen and oxygen atoms in total. The van der Waals surface area contributed by atoms with Gasteiger partial charge in [-0.05, 0) is 35.7 Å². The highest BCUT2D eigenvalue weighted by Crippen LogP contribution is 2.26. The van der Waals surface area contributed by atoms with Crippen LogP contribution in [0.5, 0.6) is 5.75 Å². The normalized spacial score (nSPS) is 15.1. The van der Waals surface area contributed by atoms with Crippen molar-refractivity contribution in [2.75, 3.05) is 33.3 Å². The highest BCUT2D eigenvalue weighted by Gasteiger charge is 2.22. The molecule has 0 atom stereocenters. The molecule has 1 fully saturated rings. The SMILES string of the molecule is COc1ccc(C(=O)N2CCN(Cc3nc(-c4cccs4)cs3)CC2)cc1. The van der Waals surface area contributed by atoms with Gasteiger partial charge in [0.1, 0.15) is 10.8 Å². The Morgan fingerprint density at radius 2 is 1.89 bits per heavy atom. The van der Waals surface area contributed by atoms with Gasteiger partial charge in [0, 0.05) is 37.1 Å². The summed E-state index contributed by atoms with van der Waals surface area (Å²) in [5.74, 6) is 0.855. The van der Waals surface area contributed by atoms with Crippen LogP contribution in [0.1, 0.15) is 15.4 Å². The van der Waals surface area contributed by atoms with Crippen molar-refractivity contribution in [2.45, 2.75) is 6.54 Å². The average Bonchev–Trinajstić information content (AvgIpc) is 3.40. The Kier molecular flexibility index (Phi) is 5.52. The number of amides is 1. The molecule has 7 heteroatoms. The van der Waals surface area contributed by atoms with E-state index in [0.717, 1.165) is 49.2 Å². The van der Waals surface area contributed by atoms with Gasteiger partial charge in [-0.15, -0.1) is 22.7 Å². The number of thiophene rings is 1. The van der Waals surface area contributed by atoms with Gasteiger partial charge < -0.3 is 9.64 Å². The standard InChI is InChI=1S/C20H21N3O2S2/c1-25-16-6-4-15(5-7-16)20(24)23-10-8-22(9-11-23)13-19-21-17(14-27-19)18-3-2-12-26-18/h2-7,12,14H,8-11,13H2,1H3. The van der Waals surface area contributed by atoms with Gasteiger partial charge in [0.25, 0.3) is 5.91 Å². The van der Waals surface area contributed by atoms with Gasteiger partial charge in [0.05, 0.1) is 24.2 Å². The van der Waals surface area contributed by atoms with E-state index in [0.29, 0.717) is 5.56 Å². The summed E-state index contributed by atoms with van der Waals surface area (Å²) in [5, 5.41) is 5.34. The second kappa shape index (κ2) is 8.21. The second-order valence-electron chi connectivity index (χ2n) is 6.40. The van der Waals surface area contributed by atoms with Gasteiger partial charge in [-0.1, -0.05) is 6.07 Å². The maximum absolute atomic E-state index is 12.7. The molecule has 1 aliphatic rings. The van der Waals surface area contributed by atoms with E-state index in [1.165, 1.54) is 4.88 Å². The van der Waals surface area contributed by atoms with Crippen LogP contribution in [-0.2, 0) is 6.54 Å². The van der Waals surface area contributed by atoms with E-state index in [1.807, 2.05) is 29.2 Å². The number of carbonyl (C=O) groups excluding carboxylic acids is 1. The molecule has 0 radical (unpaired) electrons. The summed E-state index contributed by atoms with van der Waals surface area (Å²) in [7, 11) is 1.63. The Hall–Kier alpha value is -2.22. The zero-order valence-electron chi connectivity index (χ0n) is 15.1. The number of hydrogen-bond acceptors (Lipinski definition) is 6. The third kappa shape index (κ3) is 4.21. The van der Waals surface area contributed by atoms with Crippen molar-refractivity contribution >= 4 is 28.6 Å². The summed E-state index contributed by atoms with van der Waals surface area (Å²) >= 11 is 3.43. The van der Waals surface area contributed by atoms with Gasteiger partial charge in [-0.25, -0.2) is 4.98 Å². The highest BCUT2D eigenvalue weighted by molar-refractivity contribution is 7.14. The first-order chi connectivity index (χ1) is 13.2. The molecular weight excluding hydrogens is 378 g/mol. The molecule has 1 saturated heterocycles. The average molecular weight is 400 g/mol. The summed E-state index contributed by atoms with van der Waals surface area (Å²) in [6.07, 6.45) is 0. The number of nitrogens with zero attached hydrogens (tertiary/aromatic N) is 3. The van der Waals surface area contributed by atoms with E-state index in [4.69, 9.17) is 9.72 Å². The minimum absolute atomic E-state index is 0.0894. The van der Waals surface area contributed by atoms with Crippen molar-refractivity contribution in [3.63, 3.8) is 0 Å². The molecule has 140 valence electrons. The maximum Gasteiger partial charge on any atom is 0.253 e. The lowest BCUT2D eigenvalue weighted by Gasteiger charge is -2.34. The maximum atomic E-state index is 12.7. The molecule has 27 heavy (non-hydrogen) atoms. The van der Waals surface area contributed by atoms with Gasteiger partial charge in [0.15, 0.2) is 0 Å². The van der Waals surface area contributed by atoms with Crippen molar-refractivity contribution in [2.24, 2.45) is 0 Å². The van der Waals surface area contributed by atoms with Gasteiger partial charge in [-0.3, -0.25) is 9.69 Å². The lowest BCUT2D eigenvalue weighted by Crippen LogP contribution is -2.48. The molecule has 1 aliphatic heterocycles. The monoisotopic (exact) mass is 399 g/mol. The number of carbonyl (C=O) groups is 1. The van der Waals surface area contributed by atoms with Crippen LogP contribution in [0.3, 0.4) is 0 Å². The summed E-state index contributed by atoms with van der Waals surface area (Å²) < 4.78 is 5.15. The van der Waals surface area contributed by atoms with Crippen molar-refractivity contribution in [1.82, 2.24) is 14.8 Å². The predicted octanol–water partition coefficient (Wildman–Crippen LogP) is 3.84. The quantitative estimate of drug-likeness (QED) is 0.654. The number of aromatic nitrogens is 1. The molecule has 0 N–H and O–H groups in total. The Morgan fingerprint density at radius 3 is 2.56 bits per heavy atom. The number of piperazine rings is 1. The number of hydrogen-bond donors (Lipinski definition) is 0. The van der Waals surface area contributed by atoms with Crippen molar-refractivity contribution in [3.8, 4) is 16.3 Å². The Labute approximate surface area is 166 Å². The van der Waals surface area contributed by atoms with E-state index in [2.05, 4.69) is 27.8 Å². The summed E-state index contributed by atoms with van der Waals surface area (Å²) in [4.78, 5) is 22.9. The van der Waals surface area contributed by atoms with E-state index in [-0.39, 0.29) is 5.91 Å². The zero-order valence-corrected chi connectivity index (χ0v) is 16.8. The van der Waals surface area contributed by atoms with Crippen LogP contribution in [0.15, 0.2) is 47.2 Å². The van der Waals surface area contributed by atoms with Crippen molar-refractivity contribution in [3.05, 3.63) is 57.7 Å².